The number of furan rings is 2. The van der Waals surface area contributed by atoms with E-state index >= 15 is 0 Å². The van der Waals surface area contributed by atoms with Crippen LogP contribution in [0.2, 0.25) is 0 Å². The number of benzene rings is 11. The molecule has 0 fully saturated rings. The topological polar surface area (TPSA) is 32.8 Å². The van der Waals surface area contributed by atoms with Crippen molar-refractivity contribution < 1.29 is 8.83 Å². The molecule has 0 amide bonds. The molecule has 0 saturated carbocycles. The zero-order valence-electron chi connectivity index (χ0n) is 45.2. The normalized spacial score (nSPS) is 13.5. The second kappa shape index (κ2) is 16.7. The molecule has 78 heavy (non-hydrogen) atoms. The summed E-state index contributed by atoms with van der Waals surface area (Å²) >= 11 is 1.90. The molecule has 0 radical (unpaired) electrons. The Bertz CT molecular complexity index is 4790. The van der Waals surface area contributed by atoms with Crippen molar-refractivity contribution in [3.63, 3.8) is 0 Å². The Balaban J connectivity index is 0.828. The SMILES string of the molecule is CC(C)(C)c1cccc2c1oc1c(N(c3ccccc3)c3ccc4cc5c(cc4c3)C(C)(C)c3cc4sc6cc7cc(N(c8ccccc8)c8cccc9c8oc8c(C(C)(C)C)cccc89)ccc7cc6c4cc3-5)cccc12. The summed E-state index contributed by atoms with van der Waals surface area (Å²) in [6.07, 6.45) is 0. The number of hydrogen-bond acceptors (Lipinski definition) is 5. The van der Waals surface area contributed by atoms with Crippen LogP contribution in [0.5, 0.6) is 0 Å². The van der Waals surface area contributed by atoms with Crippen molar-refractivity contribution in [3.05, 3.63) is 229 Å². The lowest BCUT2D eigenvalue weighted by Gasteiger charge is -2.26. The van der Waals surface area contributed by atoms with Crippen molar-refractivity contribution in [3.8, 4) is 11.1 Å². The maximum atomic E-state index is 6.98. The molecule has 0 saturated heterocycles. The predicted molar refractivity (Wildman–Crippen MR) is 333 cm³/mol. The van der Waals surface area contributed by atoms with Crippen LogP contribution in [0, 0.1) is 0 Å². The highest BCUT2D eigenvalue weighted by molar-refractivity contribution is 7.25. The van der Waals surface area contributed by atoms with Crippen LogP contribution in [-0.2, 0) is 16.2 Å². The third kappa shape index (κ3) is 7.03. The van der Waals surface area contributed by atoms with Crippen molar-refractivity contribution in [2.75, 3.05) is 9.80 Å². The van der Waals surface area contributed by atoms with Crippen molar-refractivity contribution >= 4 is 131 Å². The molecule has 0 spiro atoms. The Kier molecular flexibility index (Phi) is 9.98. The van der Waals surface area contributed by atoms with Crippen molar-refractivity contribution in [2.45, 2.75) is 71.6 Å². The number of nitrogens with zero attached hydrogens (tertiary/aromatic N) is 2. The Morgan fingerprint density at radius 3 is 1.31 bits per heavy atom. The van der Waals surface area contributed by atoms with Crippen LogP contribution in [0.15, 0.2) is 215 Å². The third-order valence-electron chi connectivity index (χ3n) is 16.8. The van der Waals surface area contributed by atoms with E-state index in [1.165, 1.54) is 75.1 Å². The lowest BCUT2D eigenvalue weighted by atomic mass is 9.81. The molecule has 3 aromatic heterocycles. The van der Waals surface area contributed by atoms with Gasteiger partial charge in [-0.3, -0.25) is 0 Å². The van der Waals surface area contributed by atoms with E-state index in [2.05, 4.69) is 271 Å². The Morgan fingerprint density at radius 1 is 0.346 bits per heavy atom. The van der Waals surface area contributed by atoms with E-state index in [4.69, 9.17) is 8.83 Å². The second-order valence-corrected chi connectivity index (χ2v) is 25.2. The molecule has 1 aliphatic carbocycles. The van der Waals surface area contributed by atoms with Crippen molar-refractivity contribution in [1.82, 2.24) is 0 Å². The van der Waals surface area contributed by atoms with Crippen LogP contribution in [0.3, 0.4) is 0 Å². The van der Waals surface area contributed by atoms with Crippen molar-refractivity contribution in [1.29, 1.82) is 0 Å². The summed E-state index contributed by atoms with van der Waals surface area (Å²) in [6, 6.07) is 76.2. The number of fused-ring (bicyclic) bond motifs is 14. The maximum absolute atomic E-state index is 6.98. The van der Waals surface area contributed by atoms with Gasteiger partial charge in [0.05, 0.1) is 11.4 Å². The summed E-state index contributed by atoms with van der Waals surface area (Å²) in [4.78, 5) is 4.72. The van der Waals surface area contributed by atoms with Gasteiger partial charge in [0, 0.05) is 81.0 Å². The lowest BCUT2D eigenvalue weighted by Crippen LogP contribution is -2.15. The first-order chi connectivity index (χ1) is 37.7. The van der Waals surface area contributed by atoms with Crippen molar-refractivity contribution in [2.24, 2.45) is 0 Å². The van der Waals surface area contributed by atoms with E-state index in [9.17, 15) is 0 Å². The first kappa shape index (κ1) is 46.6. The minimum absolute atomic E-state index is 0.0657. The first-order valence-corrected chi connectivity index (χ1v) is 28.1. The Labute approximate surface area is 458 Å². The molecule has 14 aromatic rings. The molecule has 0 N–H and O–H groups in total. The van der Waals surface area contributed by atoms with Gasteiger partial charge in [-0.15, -0.1) is 11.3 Å². The highest BCUT2D eigenvalue weighted by Crippen LogP contribution is 2.54. The van der Waals surface area contributed by atoms with Gasteiger partial charge in [-0.25, -0.2) is 0 Å². The van der Waals surface area contributed by atoms with Gasteiger partial charge < -0.3 is 18.6 Å². The van der Waals surface area contributed by atoms with Gasteiger partial charge in [-0.2, -0.15) is 0 Å². The van der Waals surface area contributed by atoms with Crippen LogP contribution >= 0.6 is 11.3 Å². The van der Waals surface area contributed by atoms with E-state index in [-0.39, 0.29) is 16.2 Å². The largest absolute Gasteiger partial charge is 0.454 e. The molecule has 11 aromatic carbocycles. The van der Waals surface area contributed by atoms with Gasteiger partial charge in [-0.1, -0.05) is 165 Å². The van der Waals surface area contributed by atoms with E-state index in [0.29, 0.717) is 0 Å². The minimum atomic E-state index is -0.208. The quantitative estimate of drug-likeness (QED) is 0.166. The molecule has 378 valence electrons. The van der Waals surface area contributed by atoms with E-state index in [1.807, 2.05) is 11.3 Å². The molecule has 1 aliphatic rings. The molecule has 3 heterocycles. The van der Waals surface area contributed by atoms with Crippen LogP contribution in [0.1, 0.15) is 77.6 Å². The summed E-state index contributed by atoms with van der Waals surface area (Å²) in [5.41, 5.74) is 17.5. The van der Waals surface area contributed by atoms with Gasteiger partial charge in [0.25, 0.3) is 0 Å². The van der Waals surface area contributed by atoms with E-state index < -0.39 is 0 Å². The standard InChI is InChI=1S/C73H58N2O2S/c1-71(2,3)59-27-15-23-51-53-25-17-29-63(69(53)76-67(51)59)74(47-19-11-9-12-20-47)49-33-31-43-37-55-56-41-58-57-38-44-32-34-50(36-46(44)40-65(57)78-66(58)42-62(56)73(7,8)61(55)39-45(43)35-49)75(48-21-13-10-14-22-48)64-30-18-26-54-52-24-16-28-60(72(4,5)6)68(52)77-70(54)64/h9-42H,1-8H3. The van der Waals surface area contributed by atoms with Gasteiger partial charge in [0.1, 0.15) is 11.2 Å². The highest BCUT2D eigenvalue weighted by atomic mass is 32.1. The van der Waals surface area contributed by atoms with Gasteiger partial charge in [-0.05, 0) is 152 Å². The predicted octanol–water partition coefficient (Wildman–Crippen LogP) is 22.0. The number of hydrogen-bond donors (Lipinski definition) is 0. The maximum Gasteiger partial charge on any atom is 0.159 e. The number of para-hydroxylation sites is 6. The Hall–Kier alpha value is -8.64. The van der Waals surface area contributed by atoms with Crippen LogP contribution in [0.4, 0.5) is 34.1 Å². The van der Waals surface area contributed by atoms with E-state index in [1.54, 1.807) is 0 Å². The molecule has 0 atom stereocenters. The molecule has 15 rings (SSSR count). The van der Waals surface area contributed by atoms with Crippen LogP contribution in [0.25, 0.3) is 96.7 Å². The molecule has 4 nitrogen and oxygen atoms in total. The van der Waals surface area contributed by atoms with E-state index in [0.717, 1.165) is 78.0 Å². The third-order valence-corrected chi connectivity index (χ3v) is 17.9. The van der Waals surface area contributed by atoms with Crippen LogP contribution in [-0.4, -0.2) is 0 Å². The van der Waals surface area contributed by atoms with Gasteiger partial charge >= 0.3 is 0 Å². The summed E-state index contributed by atoms with van der Waals surface area (Å²) in [6.45, 7) is 18.3. The second-order valence-electron chi connectivity index (χ2n) is 24.1. The zero-order chi connectivity index (χ0) is 53.0. The summed E-state index contributed by atoms with van der Waals surface area (Å²) in [5.74, 6) is 0. The first-order valence-electron chi connectivity index (χ1n) is 27.3. The highest BCUT2D eigenvalue weighted by Gasteiger charge is 2.37. The zero-order valence-corrected chi connectivity index (χ0v) is 46.1. The van der Waals surface area contributed by atoms with Gasteiger partial charge in [0.2, 0.25) is 0 Å². The molecule has 0 aliphatic heterocycles. The fraction of sp³-hybridized carbons (Fsp3) is 0.151. The fourth-order valence-electron chi connectivity index (χ4n) is 12.9. The average Bonchev–Trinajstić information content (AvgIpc) is 4.30. The van der Waals surface area contributed by atoms with Gasteiger partial charge in [0.15, 0.2) is 11.2 Å². The summed E-state index contributed by atoms with van der Waals surface area (Å²) < 4.78 is 16.5. The van der Waals surface area contributed by atoms with Crippen LogP contribution < -0.4 is 9.80 Å². The minimum Gasteiger partial charge on any atom is -0.454 e. The number of thiophene rings is 1. The lowest BCUT2D eigenvalue weighted by molar-refractivity contribution is 0.572. The molecular weight excluding hydrogens is 969 g/mol. The molecule has 0 unspecified atom stereocenters. The number of anilines is 6. The average molecular weight is 1030 g/mol. The summed E-state index contributed by atoms with van der Waals surface area (Å²) in [7, 11) is 0. The summed E-state index contributed by atoms with van der Waals surface area (Å²) in [5, 5.41) is 12.0. The molecule has 0 bridgehead atoms. The molecular formula is C73H58N2O2S. The fourth-order valence-corrected chi connectivity index (χ4v) is 14.1. The molecule has 5 heteroatoms. The monoisotopic (exact) mass is 1030 g/mol. The smallest absolute Gasteiger partial charge is 0.159 e. The number of rotatable bonds is 6. The Morgan fingerprint density at radius 2 is 0.782 bits per heavy atom.